The van der Waals surface area contributed by atoms with Gasteiger partial charge in [0.15, 0.2) is 5.60 Å². The second-order valence-corrected chi connectivity index (χ2v) is 7.54. The summed E-state index contributed by atoms with van der Waals surface area (Å²) in [6, 6.07) is 8.90. The first-order valence-corrected chi connectivity index (χ1v) is 8.57. The number of ketones is 1. The van der Waals surface area contributed by atoms with Gasteiger partial charge in [-0.2, -0.15) is 5.26 Å². The molecule has 0 saturated carbocycles. The van der Waals surface area contributed by atoms with Crippen LogP contribution in [-0.4, -0.2) is 28.9 Å². The maximum atomic E-state index is 12.8. The Bertz CT molecular complexity index is 959. The molecule has 2 aliphatic rings. The molecule has 1 aromatic heterocycles. The van der Waals surface area contributed by atoms with Gasteiger partial charge in [-0.15, -0.1) is 11.3 Å². The molecule has 7 heteroatoms. The number of halogens is 1. The fraction of sp³-hybridized carbons (Fsp3) is 0.235. The van der Waals surface area contributed by atoms with E-state index in [1.54, 1.807) is 23.1 Å². The van der Waals surface area contributed by atoms with Crippen molar-refractivity contribution in [2.24, 2.45) is 4.99 Å². The number of rotatable bonds is 1. The summed E-state index contributed by atoms with van der Waals surface area (Å²) < 4.78 is 0. The second-order valence-electron chi connectivity index (χ2n) is 5.87. The molecule has 3 heterocycles. The summed E-state index contributed by atoms with van der Waals surface area (Å²) in [5.41, 5.74) is 0.1000. The van der Waals surface area contributed by atoms with Crippen LogP contribution in [0.3, 0.4) is 0 Å². The lowest BCUT2D eigenvalue weighted by Gasteiger charge is -2.28. The monoisotopic (exact) mass is 357 g/mol. The number of nitrogens with zero attached hydrogens (tertiary/aromatic N) is 3. The minimum Gasteiger partial charge on any atom is -0.374 e. The standard InChI is InChI=1S/C17H12ClN3O2S/c1-9-6-13-14(24-9)15(22)17(23)4-5-21(16(17)20-13)11-3-2-10(8-19)12(18)7-11/h2-3,6-7,23H,4-5H2,1H3/t17-/m1/s1. The van der Waals surface area contributed by atoms with Crippen molar-refractivity contribution in [1.29, 1.82) is 5.26 Å². The number of nitriles is 1. The first-order chi connectivity index (χ1) is 11.4. The number of anilines is 1. The highest BCUT2D eigenvalue weighted by Crippen LogP contribution is 2.43. The Morgan fingerprint density at radius 2 is 2.25 bits per heavy atom. The molecule has 0 aliphatic carbocycles. The lowest BCUT2D eigenvalue weighted by molar-refractivity contribution is 0.0607. The summed E-state index contributed by atoms with van der Waals surface area (Å²) >= 11 is 7.47. The zero-order valence-corrected chi connectivity index (χ0v) is 14.3. The number of amidine groups is 1. The number of aliphatic hydroxyl groups is 1. The Kier molecular flexibility index (Phi) is 3.29. The van der Waals surface area contributed by atoms with Gasteiger partial charge >= 0.3 is 0 Å². The van der Waals surface area contributed by atoms with Crippen molar-refractivity contribution in [2.45, 2.75) is 18.9 Å². The van der Waals surface area contributed by atoms with Crippen molar-refractivity contribution in [3.63, 3.8) is 0 Å². The molecule has 1 fully saturated rings. The molecule has 120 valence electrons. The molecule has 0 bridgehead atoms. The van der Waals surface area contributed by atoms with Crippen molar-refractivity contribution in [3.8, 4) is 6.07 Å². The first kappa shape index (κ1) is 15.3. The molecule has 0 unspecified atom stereocenters. The molecule has 5 nitrogen and oxygen atoms in total. The van der Waals surface area contributed by atoms with E-state index in [1.807, 2.05) is 19.1 Å². The van der Waals surface area contributed by atoms with E-state index in [9.17, 15) is 9.90 Å². The maximum absolute atomic E-state index is 12.8. The highest BCUT2D eigenvalue weighted by Gasteiger charge is 2.53. The van der Waals surface area contributed by atoms with Crippen LogP contribution >= 0.6 is 22.9 Å². The third-order valence-electron chi connectivity index (χ3n) is 4.35. The summed E-state index contributed by atoms with van der Waals surface area (Å²) in [5, 5.41) is 20.3. The van der Waals surface area contributed by atoms with Crippen LogP contribution < -0.4 is 4.90 Å². The zero-order chi connectivity index (χ0) is 17.1. The molecule has 1 saturated heterocycles. The molecule has 2 aromatic rings. The van der Waals surface area contributed by atoms with Gasteiger partial charge in [-0.3, -0.25) is 4.79 Å². The van der Waals surface area contributed by atoms with Gasteiger partial charge in [0.25, 0.3) is 0 Å². The normalized spacial score (nSPS) is 22.0. The van der Waals surface area contributed by atoms with Crippen molar-refractivity contribution < 1.29 is 9.90 Å². The van der Waals surface area contributed by atoms with Gasteiger partial charge in [-0.25, -0.2) is 4.99 Å². The number of aliphatic imine (C=N–C) groups is 1. The predicted octanol–water partition coefficient (Wildman–Crippen LogP) is 3.45. The molecule has 0 amide bonds. The van der Waals surface area contributed by atoms with Gasteiger partial charge in [0.1, 0.15) is 11.9 Å². The van der Waals surface area contributed by atoms with Gasteiger partial charge < -0.3 is 10.0 Å². The molecular formula is C17H12ClN3O2S. The van der Waals surface area contributed by atoms with Crippen LogP contribution in [0.5, 0.6) is 0 Å². The number of Topliss-reactive ketones (excluding diaryl/α,β-unsaturated/α-hetero) is 1. The molecular weight excluding hydrogens is 346 g/mol. The minimum atomic E-state index is -1.59. The predicted molar refractivity (Wildman–Crippen MR) is 93.6 cm³/mol. The number of hydrogen-bond acceptors (Lipinski definition) is 6. The van der Waals surface area contributed by atoms with Crippen molar-refractivity contribution >= 4 is 45.9 Å². The van der Waals surface area contributed by atoms with E-state index in [-0.39, 0.29) is 12.2 Å². The van der Waals surface area contributed by atoms with Crippen LogP contribution in [0.4, 0.5) is 11.4 Å². The van der Waals surface area contributed by atoms with Crippen LogP contribution in [0, 0.1) is 18.3 Å². The largest absolute Gasteiger partial charge is 0.374 e. The molecule has 0 spiro atoms. The topological polar surface area (TPSA) is 76.7 Å². The summed E-state index contributed by atoms with van der Waals surface area (Å²) in [5.74, 6) is 0.0430. The third kappa shape index (κ3) is 2.02. The average Bonchev–Trinajstić information content (AvgIpc) is 3.09. The van der Waals surface area contributed by atoms with Crippen LogP contribution in [-0.2, 0) is 0 Å². The molecule has 2 aliphatic heterocycles. The van der Waals surface area contributed by atoms with E-state index in [2.05, 4.69) is 4.99 Å². The number of benzene rings is 1. The quantitative estimate of drug-likeness (QED) is 0.848. The summed E-state index contributed by atoms with van der Waals surface area (Å²) in [4.78, 5) is 20.6. The highest BCUT2D eigenvalue weighted by molar-refractivity contribution is 7.14. The number of hydrogen-bond donors (Lipinski definition) is 1. The average molecular weight is 358 g/mol. The third-order valence-corrected chi connectivity index (χ3v) is 5.70. The van der Waals surface area contributed by atoms with Gasteiger partial charge in [-0.1, -0.05) is 11.6 Å². The van der Waals surface area contributed by atoms with Crippen LogP contribution in [0.15, 0.2) is 29.3 Å². The Hall–Kier alpha value is -2.20. The Balaban J connectivity index is 1.84. The van der Waals surface area contributed by atoms with Gasteiger partial charge in [0.2, 0.25) is 5.78 Å². The summed E-state index contributed by atoms with van der Waals surface area (Å²) in [6.45, 7) is 2.37. The zero-order valence-electron chi connectivity index (χ0n) is 12.7. The smallest absolute Gasteiger partial charge is 0.214 e. The van der Waals surface area contributed by atoms with Crippen molar-refractivity contribution in [3.05, 3.63) is 44.6 Å². The van der Waals surface area contributed by atoms with Crippen LogP contribution in [0.2, 0.25) is 5.02 Å². The maximum Gasteiger partial charge on any atom is 0.214 e. The van der Waals surface area contributed by atoms with Gasteiger partial charge in [0.05, 0.1) is 21.2 Å². The lowest BCUT2D eigenvalue weighted by atomic mass is 9.92. The molecule has 0 radical (unpaired) electrons. The fourth-order valence-electron chi connectivity index (χ4n) is 3.14. The van der Waals surface area contributed by atoms with Crippen LogP contribution in [0.1, 0.15) is 26.5 Å². The highest BCUT2D eigenvalue weighted by atomic mass is 35.5. The molecule has 24 heavy (non-hydrogen) atoms. The fourth-order valence-corrected chi connectivity index (χ4v) is 4.33. The van der Waals surface area contributed by atoms with E-state index in [4.69, 9.17) is 16.9 Å². The SMILES string of the molecule is Cc1cc2c(s1)C(=O)[C@]1(O)CCN(c3ccc(C#N)c(Cl)c3)C1=N2. The molecule has 1 N–H and O–H groups in total. The number of fused-ring (bicyclic) bond motifs is 2. The number of carbonyl (C=O) groups is 1. The number of aryl methyl sites for hydroxylation is 1. The molecule has 1 atom stereocenters. The molecule has 1 aromatic carbocycles. The lowest BCUT2D eigenvalue weighted by Crippen LogP contribution is -2.48. The summed E-state index contributed by atoms with van der Waals surface area (Å²) in [6.07, 6.45) is 0.276. The van der Waals surface area contributed by atoms with Gasteiger partial charge in [-0.05, 0) is 31.2 Å². The van der Waals surface area contributed by atoms with E-state index >= 15 is 0 Å². The van der Waals surface area contributed by atoms with E-state index < -0.39 is 5.60 Å². The second kappa shape index (κ2) is 5.15. The van der Waals surface area contributed by atoms with Crippen LogP contribution in [0.25, 0.3) is 0 Å². The van der Waals surface area contributed by atoms with Crippen molar-refractivity contribution in [2.75, 3.05) is 11.4 Å². The Morgan fingerprint density at radius 3 is 2.96 bits per heavy atom. The van der Waals surface area contributed by atoms with Crippen molar-refractivity contribution in [1.82, 2.24) is 0 Å². The summed E-state index contributed by atoms with van der Waals surface area (Å²) in [7, 11) is 0. The minimum absolute atomic E-state index is 0.276. The Morgan fingerprint density at radius 1 is 1.46 bits per heavy atom. The van der Waals surface area contributed by atoms with E-state index in [0.717, 1.165) is 4.88 Å². The van der Waals surface area contributed by atoms with E-state index in [0.29, 0.717) is 39.2 Å². The first-order valence-electron chi connectivity index (χ1n) is 7.38. The van der Waals surface area contributed by atoms with E-state index in [1.165, 1.54) is 11.3 Å². The number of carbonyl (C=O) groups excluding carboxylic acids is 1. The van der Waals surface area contributed by atoms with Gasteiger partial charge in [0, 0.05) is 23.5 Å². The number of thiophene rings is 1. The molecule has 4 rings (SSSR count). The Labute approximate surface area is 147 Å².